The first kappa shape index (κ1) is 22.1. The average molecular weight is 463 g/mol. The summed E-state index contributed by atoms with van der Waals surface area (Å²) in [7, 11) is 0. The third-order valence-corrected chi connectivity index (χ3v) is 6.45. The second-order valence-corrected chi connectivity index (χ2v) is 8.70. The van der Waals surface area contributed by atoms with Crippen molar-refractivity contribution in [2.75, 3.05) is 13.2 Å². The Hall–Kier alpha value is -3.68. The van der Waals surface area contributed by atoms with Gasteiger partial charge >= 0.3 is 5.97 Å². The van der Waals surface area contributed by atoms with E-state index in [1.54, 1.807) is 31.2 Å². The number of benzene rings is 2. The highest BCUT2D eigenvalue weighted by Crippen LogP contribution is 2.34. The number of rotatable bonds is 9. The molecule has 2 amide bonds. The quantitative estimate of drug-likeness (QED) is 0.277. The molecule has 0 saturated heterocycles. The molecule has 2 aliphatic rings. The fourth-order valence-electron chi connectivity index (χ4n) is 4.62. The summed E-state index contributed by atoms with van der Waals surface area (Å²) < 4.78 is 15.0. The van der Waals surface area contributed by atoms with Crippen molar-refractivity contribution < 1.29 is 28.4 Å². The smallest absolute Gasteiger partial charge is 0.344 e. The predicted octanol–water partition coefficient (Wildman–Crippen LogP) is 3.10. The molecule has 8 heteroatoms. The third kappa shape index (κ3) is 3.93. The monoisotopic (exact) mass is 462 g/mol. The van der Waals surface area contributed by atoms with Crippen LogP contribution in [0.4, 0.5) is 0 Å². The zero-order valence-corrected chi connectivity index (χ0v) is 19.5. The van der Waals surface area contributed by atoms with E-state index in [9.17, 15) is 14.4 Å². The van der Waals surface area contributed by atoms with Gasteiger partial charge in [0, 0.05) is 6.07 Å². The zero-order chi connectivity index (χ0) is 23.8. The first-order valence-electron chi connectivity index (χ1n) is 11.8. The topological polar surface area (TPSA) is 81.7 Å². The van der Waals surface area contributed by atoms with E-state index < -0.39 is 5.97 Å². The largest absolute Gasteiger partial charge is 0.482 e. The molecule has 8 nitrogen and oxygen atoms in total. The number of imidazole rings is 1. The summed E-state index contributed by atoms with van der Waals surface area (Å²) in [5.74, 6) is 1.12. The average Bonchev–Trinajstić information content (AvgIpc) is 3.58. The SMILES string of the molecule is CCOC(=O)COc1ccc2c(c1)n(CC1CC1)c(CN1C(=O)c3ccccc3C1=O)[n+]2CC. The van der Waals surface area contributed by atoms with Crippen LogP contribution in [0.1, 0.15) is 53.2 Å². The van der Waals surface area contributed by atoms with E-state index in [1.807, 2.05) is 18.2 Å². The molecule has 0 N–H and O–H groups in total. The molecule has 2 aromatic carbocycles. The number of esters is 1. The molecule has 3 aromatic rings. The summed E-state index contributed by atoms with van der Waals surface area (Å²) in [6, 6.07) is 12.7. The van der Waals surface area contributed by atoms with Crippen molar-refractivity contribution in [3.63, 3.8) is 0 Å². The molecule has 1 fully saturated rings. The number of amides is 2. The molecule has 1 aliphatic carbocycles. The number of aryl methyl sites for hydroxylation is 1. The van der Waals surface area contributed by atoms with Crippen LogP contribution in [0.3, 0.4) is 0 Å². The fraction of sp³-hybridized carbons (Fsp3) is 0.385. The van der Waals surface area contributed by atoms with Crippen molar-refractivity contribution in [2.45, 2.75) is 46.3 Å². The van der Waals surface area contributed by atoms with Gasteiger partial charge in [-0.15, -0.1) is 0 Å². The number of hydrogen-bond donors (Lipinski definition) is 0. The minimum atomic E-state index is -0.411. The summed E-state index contributed by atoms with van der Waals surface area (Å²) in [6.07, 6.45) is 2.33. The van der Waals surface area contributed by atoms with Crippen LogP contribution in [0.2, 0.25) is 0 Å². The highest BCUT2D eigenvalue weighted by Gasteiger charge is 2.39. The van der Waals surface area contributed by atoms with E-state index >= 15 is 0 Å². The van der Waals surface area contributed by atoms with Gasteiger partial charge in [-0.3, -0.25) is 14.5 Å². The maximum Gasteiger partial charge on any atom is 0.344 e. The van der Waals surface area contributed by atoms with Crippen LogP contribution >= 0.6 is 0 Å². The number of carbonyl (C=O) groups excluding carboxylic acids is 3. The van der Waals surface area contributed by atoms with Crippen molar-refractivity contribution in [3.8, 4) is 5.75 Å². The molecular weight excluding hydrogens is 434 g/mol. The van der Waals surface area contributed by atoms with Crippen LogP contribution in [-0.2, 0) is 29.2 Å². The van der Waals surface area contributed by atoms with Crippen LogP contribution in [-0.4, -0.2) is 40.5 Å². The predicted molar refractivity (Wildman–Crippen MR) is 123 cm³/mol. The summed E-state index contributed by atoms with van der Waals surface area (Å²) in [5.41, 5.74) is 2.87. The number of hydrogen-bond acceptors (Lipinski definition) is 5. The lowest BCUT2D eigenvalue weighted by Gasteiger charge is -2.13. The maximum atomic E-state index is 13.1. The zero-order valence-electron chi connectivity index (χ0n) is 19.5. The molecule has 5 rings (SSSR count). The van der Waals surface area contributed by atoms with E-state index in [1.165, 1.54) is 4.90 Å². The van der Waals surface area contributed by atoms with Crippen LogP contribution in [0, 0.1) is 5.92 Å². The number of ether oxygens (including phenoxy) is 2. The van der Waals surface area contributed by atoms with Gasteiger partial charge in [-0.1, -0.05) is 12.1 Å². The van der Waals surface area contributed by atoms with E-state index in [4.69, 9.17) is 9.47 Å². The summed E-state index contributed by atoms with van der Waals surface area (Å²) >= 11 is 0. The first-order valence-corrected chi connectivity index (χ1v) is 11.8. The third-order valence-electron chi connectivity index (χ3n) is 6.45. The lowest BCUT2D eigenvalue weighted by atomic mass is 10.1. The van der Waals surface area contributed by atoms with Gasteiger partial charge in [0.2, 0.25) is 0 Å². The standard InChI is InChI=1S/C26H28N3O5/c1-3-27-21-12-11-18(34-16-24(30)33-4-2)13-22(21)28(14-17-9-10-17)23(27)15-29-25(31)19-7-5-6-8-20(19)26(29)32/h5-8,11-13,17H,3-4,9-10,14-16H2,1-2H3/q+1. The molecule has 1 saturated carbocycles. The Morgan fingerprint density at radius 3 is 2.38 bits per heavy atom. The van der Waals surface area contributed by atoms with Gasteiger partial charge in [0.1, 0.15) is 12.3 Å². The molecule has 1 aliphatic heterocycles. The van der Waals surface area contributed by atoms with Crippen LogP contribution in [0.5, 0.6) is 5.75 Å². The van der Waals surface area contributed by atoms with Crippen molar-refractivity contribution in [1.82, 2.24) is 9.47 Å². The normalized spacial score (nSPS) is 15.2. The van der Waals surface area contributed by atoms with Gasteiger partial charge in [-0.05, 0) is 56.9 Å². The Bertz CT molecular complexity index is 1260. The number of carbonyl (C=O) groups is 3. The second-order valence-electron chi connectivity index (χ2n) is 8.70. The molecule has 2 heterocycles. The van der Waals surface area contributed by atoms with E-state index in [0.717, 1.165) is 36.2 Å². The Morgan fingerprint density at radius 1 is 1.06 bits per heavy atom. The van der Waals surface area contributed by atoms with Crippen molar-refractivity contribution in [1.29, 1.82) is 0 Å². The fourth-order valence-corrected chi connectivity index (χ4v) is 4.62. The molecule has 0 radical (unpaired) electrons. The molecule has 0 unspecified atom stereocenters. The highest BCUT2D eigenvalue weighted by molar-refractivity contribution is 6.21. The van der Waals surface area contributed by atoms with Gasteiger partial charge in [0.15, 0.2) is 17.6 Å². The molecule has 0 spiro atoms. The van der Waals surface area contributed by atoms with Crippen molar-refractivity contribution in [3.05, 3.63) is 59.4 Å². The van der Waals surface area contributed by atoms with Gasteiger partial charge < -0.3 is 9.47 Å². The molecule has 1 aromatic heterocycles. The Morgan fingerprint density at radius 2 is 1.76 bits per heavy atom. The van der Waals surface area contributed by atoms with E-state index in [0.29, 0.717) is 35.9 Å². The van der Waals surface area contributed by atoms with E-state index in [2.05, 4.69) is 16.1 Å². The second kappa shape index (κ2) is 8.93. The molecule has 0 bridgehead atoms. The Kier molecular flexibility index (Phi) is 5.81. The summed E-state index contributed by atoms with van der Waals surface area (Å²) in [4.78, 5) is 39.2. The number of fused-ring (bicyclic) bond motifs is 2. The highest BCUT2D eigenvalue weighted by atomic mass is 16.6. The Labute approximate surface area is 197 Å². The number of nitrogens with zero attached hydrogens (tertiary/aromatic N) is 3. The summed E-state index contributed by atoms with van der Waals surface area (Å²) in [6.45, 7) is 5.66. The van der Waals surface area contributed by atoms with Crippen LogP contribution in [0.15, 0.2) is 42.5 Å². The minimum absolute atomic E-state index is 0.154. The van der Waals surface area contributed by atoms with Crippen LogP contribution in [0.25, 0.3) is 11.0 Å². The lowest BCUT2D eigenvalue weighted by molar-refractivity contribution is -0.677. The minimum Gasteiger partial charge on any atom is -0.482 e. The van der Waals surface area contributed by atoms with E-state index in [-0.39, 0.29) is 25.0 Å². The molecule has 34 heavy (non-hydrogen) atoms. The van der Waals surface area contributed by atoms with Gasteiger partial charge in [-0.25, -0.2) is 13.9 Å². The summed E-state index contributed by atoms with van der Waals surface area (Å²) in [5, 5.41) is 0. The van der Waals surface area contributed by atoms with Gasteiger partial charge in [0.25, 0.3) is 17.6 Å². The van der Waals surface area contributed by atoms with Gasteiger partial charge in [-0.2, -0.15) is 0 Å². The molecule has 176 valence electrons. The number of aromatic nitrogens is 2. The molecule has 0 atom stereocenters. The lowest BCUT2D eigenvalue weighted by Crippen LogP contribution is -2.42. The van der Waals surface area contributed by atoms with Crippen molar-refractivity contribution in [2.24, 2.45) is 5.92 Å². The Balaban J connectivity index is 1.52. The van der Waals surface area contributed by atoms with Gasteiger partial charge in [0.05, 0.1) is 30.8 Å². The van der Waals surface area contributed by atoms with Crippen molar-refractivity contribution >= 4 is 28.8 Å². The number of imide groups is 1. The van der Waals surface area contributed by atoms with Crippen LogP contribution < -0.4 is 9.30 Å². The molecular formula is C26H28N3O5+. The maximum absolute atomic E-state index is 13.1. The first-order chi connectivity index (χ1) is 16.5.